The van der Waals surface area contributed by atoms with Crippen LogP contribution in [0.1, 0.15) is 21.6 Å². The van der Waals surface area contributed by atoms with Gasteiger partial charge in [-0.3, -0.25) is 9.78 Å². The first kappa shape index (κ1) is 11.4. The molecule has 1 rings (SSSR count). The third-order valence-corrected chi connectivity index (χ3v) is 1.73. The molecule has 0 aromatic carbocycles. The van der Waals surface area contributed by atoms with E-state index in [2.05, 4.69) is 4.98 Å². The van der Waals surface area contributed by atoms with Crippen LogP contribution >= 0.6 is 0 Å². The molecule has 0 bridgehead atoms. The van der Waals surface area contributed by atoms with Gasteiger partial charge in [-0.1, -0.05) is 0 Å². The summed E-state index contributed by atoms with van der Waals surface area (Å²) >= 11 is 0. The van der Waals surface area contributed by atoms with Crippen molar-refractivity contribution in [2.75, 3.05) is 0 Å². The lowest BCUT2D eigenvalue weighted by Gasteiger charge is -2.12. The van der Waals surface area contributed by atoms with E-state index in [1.54, 1.807) is 0 Å². The van der Waals surface area contributed by atoms with Crippen LogP contribution in [0.3, 0.4) is 0 Å². The third kappa shape index (κ3) is 2.24. The molecule has 0 unspecified atom stereocenters. The smallest absolute Gasteiger partial charge is 0.390 e. The van der Waals surface area contributed by atoms with Crippen molar-refractivity contribution < 1.29 is 23.1 Å². The Labute approximate surface area is 82.5 Å². The molecule has 0 fully saturated rings. The number of carbonyl (C=O) groups is 1. The molecule has 0 aliphatic carbocycles. The molecule has 15 heavy (non-hydrogen) atoms. The summed E-state index contributed by atoms with van der Waals surface area (Å²) in [5, 5.41) is 8.72. The van der Waals surface area contributed by atoms with E-state index < -0.39 is 29.8 Å². The van der Waals surface area contributed by atoms with Gasteiger partial charge in [-0.05, 0) is 6.07 Å². The summed E-state index contributed by atoms with van der Waals surface area (Å²) in [7, 11) is 0. The van der Waals surface area contributed by atoms with E-state index in [0.29, 0.717) is 6.07 Å². The van der Waals surface area contributed by atoms with Crippen molar-refractivity contribution in [3.63, 3.8) is 0 Å². The lowest BCUT2D eigenvalue weighted by atomic mass is 10.1. The van der Waals surface area contributed by atoms with Gasteiger partial charge >= 0.3 is 6.18 Å². The molecule has 3 N–H and O–H groups in total. The van der Waals surface area contributed by atoms with Crippen molar-refractivity contribution in [1.82, 2.24) is 4.98 Å². The third-order valence-electron chi connectivity index (χ3n) is 1.73. The number of alkyl halides is 3. The fraction of sp³-hybridized carbons (Fsp3) is 0.250. The van der Waals surface area contributed by atoms with Gasteiger partial charge in [-0.15, -0.1) is 0 Å². The van der Waals surface area contributed by atoms with E-state index in [1.165, 1.54) is 0 Å². The number of pyridine rings is 1. The Morgan fingerprint density at radius 3 is 2.53 bits per heavy atom. The summed E-state index contributed by atoms with van der Waals surface area (Å²) in [6.07, 6.45) is -3.84. The molecule has 0 saturated carbocycles. The second kappa shape index (κ2) is 3.85. The van der Waals surface area contributed by atoms with Crippen LogP contribution in [-0.2, 0) is 12.8 Å². The maximum absolute atomic E-state index is 12.4. The Morgan fingerprint density at radius 2 is 2.13 bits per heavy atom. The Kier molecular flexibility index (Phi) is 2.94. The van der Waals surface area contributed by atoms with Crippen LogP contribution in [-0.4, -0.2) is 16.0 Å². The fourth-order valence-electron chi connectivity index (χ4n) is 1.14. The lowest BCUT2D eigenvalue weighted by molar-refractivity contribution is -0.138. The lowest BCUT2D eigenvalue weighted by Crippen LogP contribution is -2.22. The van der Waals surface area contributed by atoms with E-state index in [0.717, 1.165) is 6.20 Å². The average Bonchev–Trinajstić information content (AvgIpc) is 2.15. The van der Waals surface area contributed by atoms with Gasteiger partial charge in [0.2, 0.25) is 0 Å². The maximum Gasteiger partial charge on any atom is 0.417 e. The topological polar surface area (TPSA) is 76.2 Å². The summed E-state index contributed by atoms with van der Waals surface area (Å²) < 4.78 is 37.2. The Bertz CT molecular complexity index is 390. The van der Waals surface area contributed by atoms with Gasteiger partial charge in [0, 0.05) is 6.20 Å². The van der Waals surface area contributed by atoms with Crippen LogP contribution in [0.15, 0.2) is 12.3 Å². The van der Waals surface area contributed by atoms with Crippen molar-refractivity contribution in [2.45, 2.75) is 12.8 Å². The van der Waals surface area contributed by atoms with E-state index in [4.69, 9.17) is 10.8 Å². The van der Waals surface area contributed by atoms with Crippen LogP contribution in [0.5, 0.6) is 0 Å². The minimum atomic E-state index is -4.70. The quantitative estimate of drug-likeness (QED) is 0.769. The van der Waals surface area contributed by atoms with Gasteiger partial charge in [0.1, 0.15) is 0 Å². The number of amides is 1. The number of halogens is 3. The highest BCUT2D eigenvalue weighted by molar-refractivity contribution is 5.95. The Morgan fingerprint density at radius 1 is 1.53 bits per heavy atom. The molecule has 82 valence electrons. The van der Waals surface area contributed by atoms with Crippen molar-refractivity contribution in [1.29, 1.82) is 0 Å². The average molecular weight is 220 g/mol. The normalized spacial score (nSPS) is 11.5. The van der Waals surface area contributed by atoms with Crippen LogP contribution in [0, 0.1) is 0 Å². The molecule has 1 aromatic rings. The number of aromatic nitrogens is 1. The Balaban J connectivity index is 3.46. The van der Waals surface area contributed by atoms with Crippen molar-refractivity contribution in [3.05, 3.63) is 29.1 Å². The molecule has 0 radical (unpaired) electrons. The molecule has 1 aromatic heterocycles. The molecule has 0 atom stereocenters. The van der Waals surface area contributed by atoms with Crippen LogP contribution in [0.25, 0.3) is 0 Å². The molecule has 0 aliphatic rings. The molecule has 0 saturated heterocycles. The molecular weight excluding hydrogens is 213 g/mol. The predicted molar refractivity (Wildman–Crippen MR) is 43.7 cm³/mol. The monoisotopic (exact) mass is 220 g/mol. The number of nitrogens with zero attached hydrogens (tertiary/aromatic N) is 1. The van der Waals surface area contributed by atoms with Crippen molar-refractivity contribution in [3.8, 4) is 0 Å². The SMILES string of the molecule is NC(=O)c1c(C(F)(F)F)ccnc1CO. The highest BCUT2D eigenvalue weighted by atomic mass is 19.4. The molecule has 1 heterocycles. The summed E-state index contributed by atoms with van der Waals surface area (Å²) in [6.45, 7) is -0.776. The van der Waals surface area contributed by atoms with Crippen LogP contribution < -0.4 is 5.73 Å². The van der Waals surface area contributed by atoms with Crippen molar-refractivity contribution >= 4 is 5.91 Å². The molecule has 0 aliphatic heterocycles. The largest absolute Gasteiger partial charge is 0.417 e. The highest BCUT2D eigenvalue weighted by Crippen LogP contribution is 2.32. The van der Waals surface area contributed by atoms with Crippen LogP contribution in [0.4, 0.5) is 13.2 Å². The predicted octanol–water partition coefficient (Wildman–Crippen LogP) is 0.692. The summed E-state index contributed by atoms with van der Waals surface area (Å²) in [5.74, 6) is -1.26. The van der Waals surface area contributed by atoms with Gasteiger partial charge in [0.25, 0.3) is 5.91 Å². The number of primary amides is 1. The van der Waals surface area contributed by atoms with Gasteiger partial charge in [-0.2, -0.15) is 13.2 Å². The second-order valence-electron chi connectivity index (χ2n) is 2.70. The zero-order valence-corrected chi connectivity index (χ0v) is 7.38. The molecular formula is C8H7F3N2O2. The molecule has 4 nitrogen and oxygen atoms in total. The minimum absolute atomic E-state index is 0.377. The number of hydrogen-bond acceptors (Lipinski definition) is 3. The summed E-state index contributed by atoms with van der Waals surface area (Å²) in [4.78, 5) is 14.3. The fourth-order valence-corrected chi connectivity index (χ4v) is 1.14. The van der Waals surface area contributed by atoms with Gasteiger partial charge in [0.05, 0.1) is 23.4 Å². The van der Waals surface area contributed by atoms with Gasteiger partial charge in [0.15, 0.2) is 0 Å². The number of hydrogen-bond donors (Lipinski definition) is 2. The first-order valence-electron chi connectivity index (χ1n) is 3.83. The summed E-state index contributed by atoms with van der Waals surface area (Å²) in [6, 6.07) is 0.638. The molecule has 1 amide bonds. The number of rotatable bonds is 2. The zero-order valence-electron chi connectivity index (χ0n) is 7.38. The molecule has 7 heteroatoms. The van der Waals surface area contributed by atoms with E-state index >= 15 is 0 Å². The summed E-state index contributed by atoms with van der Waals surface area (Å²) in [5.41, 5.74) is 2.45. The standard InChI is InChI=1S/C8H7F3N2O2/c9-8(10,11)4-1-2-13-5(3-14)6(4)7(12)15/h1-2,14H,3H2,(H2,12,15). The van der Waals surface area contributed by atoms with Crippen molar-refractivity contribution in [2.24, 2.45) is 5.73 Å². The minimum Gasteiger partial charge on any atom is -0.390 e. The number of carbonyl (C=O) groups excluding carboxylic acids is 1. The first-order chi connectivity index (χ1) is 6.88. The second-order valence-corrected chi connectivity index (χ2v) is 2.70. The number of aliphatic hydroxyl groups excluding tert-OH is 1. The zero-order chi connectivity index (χ0) is 11.6. The van der Waals surface area contributed by atoms with Gasteiger partial charge < -0.3 is 10.8 Å². The molecule has 0 spiro atoms. The number of nitrogens with two attached hydrogens (primary N) is 1. The Hall–Kier alpha value is -1.63. The van der Waals surface area contributed by atoms with E-state index in [9.17, 15) is 18.0 Å². The van der Waals surface area contributed by atoms with E-state index in [1.807, 2.05) is 0 Å². The number of aliphatic hydroxyl groups is 1. The van der Waals surface area contributed by atoms with E-state index in [-0.39, 0.29) is 5.69 Å². The van der Waals surface area contributed by atoms with Crippen LogP contribution in [0.2, 0.25) is 0 Å². The maximum atomic E-state index is 12.4. The van der Waals surface area contributed by atoms with Gasteiger partial charge in [-0.25, -0.2) is 0 Å². The first-order valence-corrected chi connectivity index (χ1v) is 3.83. The highest BCUT2D eigenvalue weighted by Gasteiger charge is 2.36.